The molecular formula is C15H19NO3. The summed E-state index contributed by atoms with van der Waals surface area (Å²) in [7, 11) is 2.02. The second kappa shape index (κ2) is 4.44. The Morgan fingerprint density at radius 1 is 1.37 bits per heavy atom. The van der Waals surface area contributed by atoms with E-state index in [0.29, 0.717) is 12.8 Å². The van der Waals surface area contributed by atoms with Gasteiger partial charge in [0.2, 0.25) is 0 Å². The molecular weight excluding hydrogens is 242 g/mol. The summed E-state index contributed by atoms with van der Waals surface area (Å²) in [5.41, 5.74) is 3.44. The minimum Gasteiger partial charge on any atom is -0.488 e. The van der Waals surface area contributed by atoms with E-state index < -0.39 is 5.97 Å². The Hall–Kier alpha value is -1.71. The molecule has 102 valence electrons. The van der Waals surface area contributed by atoms with E-state index in [9.17, 15) is 9.90 Å². The number of hydrogen-bond acceptors (Lipinski definition) is 3. The number of anilines is 1. The number of nitrogens with zero attached hydrogens (tertiary/aromatic N) is 1. The number of carboxylic acid groups (broad SMARTS) is 1. The van der Waals surface area contributed by atoms with Gasteiger partial charge < -0.3 is 14.7 Å². The zero-order valence-corrected chi connectivity index (χ0v) is 11.3. The van der Waals surface area contributed by atoms with E-state index in [4.69, 9.17) is 4.74 Å². The van der Waals surface area contributed by atoms with Gasteiger partial charge in [0.1, 0.15) is 11.9 Å². The fraction of sp³-hybridized carbons (Fsp3) is 0.533. The number of carboxylic acids is 1. The van der Waals surface area contributed by atoms with Crippen LogP contribution in [0.5, 0.6) is 5.75 Å². The Labute approximate surface area is 113 Å². The number of aliphatic carboxylic acids is 1. The van der Waals surface area contributed by atoms with Crippen LogP contribution in [0.2, 0.25) is 0 Å². The molecule has 4 nitrogen and oxygen atoms in total. The van der Waals surface area contributed by atoms with Crippen molar-refractivity contribution in [3.63, 3.8) is 0 Å². The number of carbonyl (C=O) groups is 1. The molecule has 0 bridgehead atoms. The Balaban J connectivity index is 2.05. The van der Waals surface area contributed by atoms with E-state index in [0.717, 1.165) is 30.0 Å². The number of hydrogen-bond donors (Lipinski definition) is 1. The lowest BCUT2D eigenvalue weighted by Crippen LogP contribution is -2.21. The van der Waals surface area contributed by atoms with Crippen molar-refractivity contribution in [3.05, 3.63) is 23.3 Å². The molecule has 0 fully saturated rings. The Kier molecular flexibility index (Phi) is 2.88. The van der Waals surface area contributed by atoms with E-state index >= 15 is 0 Å². The third-order valence-corrected chi connectivity index (χ3v) is 4.13. The molecule has 2 aliphatic rings. The molecule has 0 amide bonds. The van der Waals surface area contributed by atoms with Crippen LogP contribution in [0.1, 0.15) is 24.5 Å². The zero-order valence-electron chi connectivity index (χ0n) is 11.3. The van der Waals surface area contributed by atoms with Crippen LogP contribution >= 0.6 is 0 Å². The smallest absolute Gasteiger partial charge is 0.306 e. The second-order valence-electron chi connectivity index (χ2n) is 5.64. The third kappa shape index (κ3) is 2.05. The molecule has 1 aromatic rings. The lowest BCUT2D eigenvalue weighted by atomic mass is 9.95. The van der Waals surface area contributed by atoms with Gasteiger partial charge in [-0.2, -0.15) is 0 Å². The van der Waals surface area contributed by atoms with Gasteiger partial charge in [-0.15, -0.1) is 0 Å². The molecule has 2 heterocycles. The van der Waals surface area contributed by atoms with Crippen LogP contribution in [0.25, 0.3) is 0 Å². The van der Waals surface area contributed by atoms with Gasteiger partial charge in [-0.1, -0.05) is 12.1 Å². The maximum Gasteiger partial charge on any atom is 0.306 e. The molecule has 4 heteroatoms. The van der Waals surface area contributed by atoms with Crippen molar-refractivity contribution in [3.8, 4) is 5.75 Å². The first-order chi connectivity index (χ1) is 9.06. The van der Waals surface area contributed by atoms with E-state index in [1.165, 1.54) is 5.56 Å². The fourth-order valence-electron chi connectivity index (χ4n) is 3.12. The van der Waals surface area contributed by atoms with Crippen LogP contribution < -0.4 is 9.64 Å². The first kappa shape index (κ1) is 12.3. The third-order valence-electron chi connectivity index (χ3n) is 4.13. The molecule has 0 aliphatic carbocycles. The van der Waals surface area contributed by atoms with Gasteiger partial charge in [-0.25, -0.2) is 0 Å². The van der Waals surface area contributed by atoms with Gasteiger partial charge in [0, 0.05) is 20.0 Å². The zero-order chi connectivity index (χ0) is 13.6. The van der Waals surface area contributed by atoms with Crippen LogP contribution in [-0.2, 0) is 17.6 Å². The van der Waals surface area contributed by atoms with Crippen LogP contribution in [0.4, 0.5) is 5.69 Å². The molecule has 19 heavy (non-hydrogen) atoms. The second-order valence-corrected chi connectivity index (χ2v) is 5.64. The summed E-state index contributed by atoms with van der Waals surface area (Å²) in [5.74, 6) is -0.0184. The standard InChI is InChI=1S/C15H19NO3/c1-9-7-11-4-3-10-8-12(15(17)18)5-6-16(2)13(10)14(11)19-9/h3-4,9,12H,5-8H2,1-2H3,(H,17,18). The summed E-state index contributed by atoms with van der Waals surface area (Å²) in [6, 6.07) is 4.17. The summed E-state index contributed by atoms with van der Waals surface area (Å²) in [6.07, 6.45) is 2.44. The van der Waals surface area contributed by atoms with Gasteiger partial charge in [0.15, 0.2) is 0 Å². The Morgan fingerprint density at radius 2 is 2.11 bits per heavy atom. The maximum atomic E-state index is 11.3. The number of rotatable bonds is 1. The quantitative estimate of drug-likeness (QED) is 0.841. The van der Waals surface area contributed by atoms with E-state index in [-0.39, 0.29) is 12.0 Å². The average Bonchev–Trinajstić information content (AvgIpc) is 2.63. The highest BCUT2D eigenvalue weighted by Gasteiger charge is 2.30. The largest absolute Gasteiger partial charge is 0.488 e. The molecule has 2 aliphatic heterocycles. The molecule has 0 aromatic heterocycles. The van der Waals surface area contributed by atoms with Crippen molar-refractivity contribution in [2.24, 2.45) is 5.92 Å². The van der Waals surface area contributed by atoms with Crippen molar-refractivity contribution in [1.29, 1.82) is 0 Å². The Bertz CT molecular complexity index is 526. The SMILES string of the molecule is CC1Cc2ccc3c(c2O1)N(C)CCC(C(=O)O)C3. The van der Waals surface area contributed by atoms with Gasteiger partial charge in [0.05, 0.1) is 11.6 Å². The highest BCUT2D eigenvalue weighted by molar-refractivity contribution is 5.74. The van der Waals surface area contributed by atoms with Gasteiger partial charge in [-0.3, -0.25) is 4.79 Å². The molecule has 1 aromatic carbocycles. The first-order valence-electron chi connectivity index (χ1n) is 6.81. The van der Waals surface area contributed by atoms with Gasteiger partial charge in [-0.05, 0) is 30.9 Å². The highest BCUT2D eigenvalue weighted by atomic mass is 16.5. The molecule has 0 radical (unpaired) electrons. The topological polar surface area (TPSA) is 49.8 Å². The molecule has 2 unspecified atom stereocenters. The van der Waals surface area contributed by atoms with Crippen LogP contribution in [0, 0.1) is 5.92 Å². The monoisotopic (exact) mass is 261 g/mol. The van der Waals surface area contributed by atoms with Crippen molar-refractivity contribution in [1.82, 2.24) is 0 Å². The first-order valence-corrected chi connectivity index (χ1v) is 6.81. The predicted molar refractivity (Wildman–Crippen MR) is 73.0 cm³/mol. The van der Waals surface area contributed by atoms with Gasteiger partial charge in [0.25, 0.3) is 0 Å². The van der Waals surface area contributed by atoms with Gasteiger partial charge >= 0.3 is 5.97 Å². The predicted octanol–water partition coefficient (Wildman–Crippen LogP) is 2.09. The van der Waals surface area contributed by atoms with Crippen molar-refractivity contribution in [2.75, 3.05) is 18.5 Å². The molecule has 1 N–H and O–H groups in total. The van der Waals surface area contributed by atoms with E-state index in [1.807, 2.05) is 7.05 Å². The number of benzene rings is 1. The van der Waals surface area contributed by atoms with Crippen molar-refractivity contribution >= 4 is 11.7 Å². The lowest BCUT2D eigenvalue weighted by Gasteiger charge is -2.22. The highest BCUT2D eigenvalue weighted by Crippen LogP contribution is 2.42. The number of fused-ring (bicyclic) bond motifs is 3. The molecule has 2 atom stereocenters. The summed E-state index contributed by atoms with van der Waals surface area (Å²) >= 11 is 0. The normalized spacial score (nSPS) is 25.3. The number of ether oxygens (including phenoxy) is 1. The van der Waals surface area contributed by atoms with Crippen LogP contribution in [0.15, 0.2) is 12.1 Å². The summed E-state index contributed by atoms with van der Waals surface area (Å²) in [4.78, 5) is 13.4. The van der Waals surface area contributed by atoms with Crippen LogP contribution in [-0.4, -0.2) is 30.8 Å². The molecule has 3 rings (SSSR count). The molecule has 0 saturated carbocycles. The Morgan fingerprint density at radius 3 is 2.84 bits per heavy atom. The minimum absolute atomic E-state index is 0.216. The summed E-state index contributed by atoms with van der Waals surface area (Å²) in [6.45, 7) is 2.83. The minimum atomic E-state index is -0.698. The summed E-state index contributed by atoms with van der Waals surface area (Å²) < 4.78 is 5.94. The lowest BCUT2D eigenvalue weighted by molar-refractivity contribution is -0.141. The van der Waals surface area contributed by atoms with E-state index in [1.54, 1.807) is 0 Å². The van der Waals surface area contributed by atoms with Crippen LogP contribution in [0.3, 0.4) is 0 Å². The average molecular weight is 261 g/mol. The molecule has 0 spiro atoms. The molecule has 0 saturated heterocycles. The maximum absolute atomic E-state index is 11.3. The fourth-order valence-corrected chi connectivity index (χ4v) is 3.12. The van der Waals surface area contributed by atoms with Crippen molar-refractivity contribution in [2.45, 2.75) is 32.3 Å². The summed E-state index contributed by atoms with van der Waals surface area (Å²) in [5, 5.41) is 9.26. The van der Waals surface area contributed by atoms with Crippen molar-refractivity contribution < 1.29 is 14.6 Å². The van der Waals surface area contributed by atoms with E-state index in [2.05, 4.69) is 24.0 Å².